The van der Waals surface area contributed by atoms with Crippen LogP contribution in [0.2, 0.25) is 5.02 Å². The molecule has 0 unspecified atom stereocenters. The summed E-state index contributed by atoms with van der Waals surface area (Å²) in [5.41, 5.74) is -0.289. The number of urea groups is 1. The van der Waals surface area contributed by atoms with Crippen molar-refractivity contribution in [2.45, 2.75) is 95.6 Å². The number of amides is 2. The lowest BCUT2D eigenvalue weighted by atomic mass is 9.74. The Morgan fingerprint density at radius 3 is 2.64 bits per heavy atom. The molecule has 1 aromatic carbocycles. The van der Waals surface area contributed by atoms with Gasteiger partial charge in [-0.25, -0.2) is 4.79 Å². The van der Waals surface area contributed by atoms with Gasteiger partial charge in [-0.1, -0.05) is 55.8 Å². The lowest BCUT2D eigenvalue weighted by Gasteiger charge is -2.43. The van der Waals surface area contributed by atoms with Crippen LogP contribution in [0.4, 0.5) is 4.79 Å². The first kappa shape index (κ1) is 28.9. The zero-order chi connectivity index (χ0) is 26.0. The Bertz CT molecular complexity index is 845. The highest BCUT2D eigenvalue weighted by atomic mass is 35.5. The first-order valence-electron chi connectivity index (χ1n) is 14.0. The fraction of sp³-hybridized carbons (Fsp3) is 0.724. The topological polar surface area (TPSA) is 81.7 Å². The number of carbonyl (C=O) groups excluding carboxylic acids is 2. The van der Waals surface area contributed by atoms with Gasteiger partial charge < -0.3 is 25.4 Å². The molecule has 2 amide bonds. The molecule has 0 aromatic heterocycles. The second kappa shape index (κ2) is 14.3. The number of Topliss-reactive ketones (excluding diaryl/α,β-unsaturated/α-hetero) is 1. The number of piperidine rings is 1. The normalized spacial score (nSPS) is 21.6. The fourth-order valence-corrected chi connectivity index (χ4v) is 6.38. The quantitative estimate of drug-likeness (QED) is 0.311. The van der Waals surface area contributed by atoms with Crippen molar-refractivity contribution < 1.29 is 14.7 Å². The van der Waals surface area contributed by atoms with Crippen LogP contribution in [-0.2, 0) is 10.4 Å². The summed E-state index contributed by atoms with van der Waals surface area (Å²) >= 11 is 6.30. The molecule has 202 valence electrons. The molecular formula is C29H46ClN3O3. The monoisotopic (exact) mass is 519 g/mol. The molecule has 3 N–H and O–H groups in total. The molecule has 3 rings (SSSR count). The summed E-state index contributed by atoms with van der Waals surface area (Å²) < 4.78 is 0. The molecule has 3 atom stereocenters. The van der Waals surface area contributed by atoms with Crippen LogP contribution in [0, 0.1) is 11.8 Å². The smallest absolute Gasteiger partial charge is 0.317 e. The lowest BCUT2D eigenvalue weighted by Crippen LogP contribution is -2.54. The number of aliphatic hydroxyl groups is 1. The number of nitrogens with one attached hydrogen (secondary N) is 2. The van der Waals surface area contributed by atoms with E-state index in [0.717, 1.165) is 44.2 Å². The van der Waals surface area contributed by atoms with Crippen LogP contribution in [-0.4, -0.2) is 54.5 Å². The Hall–Kier alpha value is -1.63. The molecule has 1 aliphatic heterocycles. The van der Waals surface area contributed by atoms with Crippen LogP contribution in [0.25, 0.3) is 0 Å². The Morgan fingerprint density at radius 2 is 1.94 bits per heavy atom. The third kappa shape index (κ3) is 8.46. The van der Waals surface area contributed by atoms with Crippen LogP contribution < -0.4 is 10.6 Å². The number of likely N-dealkylation sites (N-methyl/N-ethyl adjacent to an activating group) is 1. The minimum atomic E-state index is -1.09. The second-order valence-electron chi connectivity index (χ2n) is 11.1. The summed E-state index contributed by atoms with van der Waals surface area (Å²) in [6, 6.07) is 7.56. The van der Waals surface area contributed by atoms with Crippen molar-refractivity contribution in [3.05, 3.63) is 34.9 Å². The molecule has 0 radical (unpaired) electrons. The Kier molecular flexibility index (Phi) is 11.5. The number of ketones is 1. The van der Waals surface area contributed by atoms with Crippen LogP contribution in [0.15, 0.2) is 24.3 Å². The van der Waals surface area contributed by atoms with E-state index in [4.69, 9.17) is 11.6 Å². The van der Waals surface area contributed by atoms with Crippen molar-refractivity contribution in [1.82, 2.24) is 15.5 Å². The van der Waals surface area contributed by atoms with Gasteiger partial charge in [-0.2, -0.15) is 0 Å². The number of hydrogen-bond acceptors (Lipinski definition) is 4. The van der Waals surface area contributed by atoms with Crippen LogP contribution in [0.3, 0.4) is 0 Å². The van der Waals surface area contributed by atoms with Crippen LogP contribution in [0.1, 0.15) is 89.5 Å². The van der Waals surface area contributed by atoms with Crippen LogP contribution in [0.5, 0.6) is 0 Å². The SMILES string of the molecule is CNC[C@H](CC1CCCCC1)NC(=O)N1CCC[C@@H]([C@@](O)(CCCCC(C)=O)c2cccc(Cl)c2)C1. The summed E-state index contributed by atoms with van der Waals surface area (Å²) in [5.74, 6) is 0.773. The number of carbonyl (C=O) groups is 2. The van der Waals surface area contributed by atoms with E-state index in [2.05, 4.69) is 10.6 Å². The lowest BCUT2D eigenvalue weighted by molar-refractivity contribution is -0.117. The predicted octanol–water partition coefficient (Wildman–Crippen LogP) is 5.66. The zero-order valence-corrected chi connectivity index (χ0v) is 23.0. The zero-order valence-electron chi connectivity index (χ0n) is 22.2. The van der Waals surface area contributed by atoms with E-state index in [-0.39, 0.29) is 23.8 Å². The van der Waals surface area contributed by atoms with Gasteiger partial charge in [0, 0.05) is 43.0 Å². The molecule has 2 aliphatic rings. The summed E-state index contributed by atoms with van der Waals surface area (Å²) in [7, 11) is 1.94. The van der Waals surface area contributed by atoms with E-state index in [9.17, 15) is 14.7 Å². The molecular weight excluding hydrogens is 474 g/mol. The predicted molar refractivity (Wildman–Crippen MR) is 146 cm³/mol. The van der Waals surface area contributed by atoms with E-state index in [0.29, 0.717) is 36.9 Å². The average molecular weight is 520 g/mol. The largest absolute Gasteiger partial charge is 0.385 e. The summed E-state index contributed by atoms with van der Waals surface area (Å²) in [5, 5.41) is 19.2. The van der Waals surface area contributed by atoms with Gasteiger partial charge >= 0.3 is 6.03 Å². The third-order valence-electron chi connectivity index (χ3n) is 8.17. The standard InChI is InChI=1S/C29H46ClN3O3/c1-22(34)10-6-7-16-29(36,24-13-8-15-26(30)19-24)25-14-9-17-33(21-25)28(35)32-27(20-31-2)18-23-11-4-3-5-12-23/h8,13,15,19,23,25,27,31,36H,3-7,9-12,14,16-18,20-21H2,1-2H3,(H,32,35)/t25-,27+,29-/m1/s1. The van der Waals surface area contributed by atoms with Gasteiger partial charge in [0.05, 0.1) is 5.60 Å². The number of hydrogen-bond donors (Lipinski definition) is 3. The van der Waals surface area contributed by atoms with Gasteiger partial charge in [0.25, 0.3) is 0 Å². The van der Waals surface area contributed by atoms with E-state index >= 15 is 0 Å². The molecule has 1 saturated carbocycles. The van der Waals surface area contributed by atoms with Crippen molar-refractivity contribution in [3.8, 4) is 0 Å². The number of rotatable bonds is 12. The molecule has 1 aromatic rings. The van der Waals surface area contributed by atoms with Gasteiger partial charge in [-0.05, 0) is 76.1 Å². The highest BCUT2D eigenvalue weighted by Crippen LogP contribution is 2.40. The molecule has 1 saturated heterocycles. The summed E-state index contributed by atoms with van der Waals surface area (Å²) in [6.45, 7) is 3.59. The van der Waals surface area contributed by atoms with E-state index in [1.54, 1.807) is 6.92 Å². The Labute approximate surface area is 222 Å². The molecule has 7 heteroatoms. The maximum atomic E-state index is 13.4. The number of halogens is 1. The van der Waals surface area contributed by atoms with Gasteiger partial charge in [0.1, 0.15) is 5.78 Å². The maximum Gasteiger partial charge on any atom is 0.317 e. The molecule has 1 aliphatic carbocycles. The third-order valence-corrected chi connectivity index (χ3v) is 8.40. The number of unbranched alkanes of at least 4 members (excludes halogenated alkanes) is 1. The van der Waals surface area contributed by atoms with Crippen LogP contribution >= 0.6 is 11.6 Å². The Balaban J connectivity index is 1.68. The van der Waals surface area contributed by atoms with Gasteiger partial charge in [0.15, 0.2) is 0 Å². The highest BCUT2D eigenvalue weighted by molar-refractivity contribution is 6.30. The summed E-state index contributed by atoms with van der Waals surface area (Å²) in [6.07, 6.45) is 11.7. The molecule has 36 heavy (non-hydrogen) atoms. The average Bonchev–Trinajstić information content (AvgIpc) is 2.87. The molecule has 1 heterocycles. The maximum absolute atomic E-state index is 13.4. The first-order chi connectivity index (χ1) is 17.3. The van der Waals surface area contributed by atoms with Gasteiger partial charge in [-0.3, -0.25) is 0 Å². The first-order valence-corrected chi connectivity index (χ1v) is 14.4. The molecule has 6 nitrogen and oxygen atoms in total. The van der Waals surface area contributed by atoms with Crippen molar-refractivity contribution >= 4 is 23.4 Å². The van der Waals surface area contributed by atoms with E-state index < -0.39 is 5.60 Å². The number of likely N-dealkylation sites (tertiary alicyclic amines) is 1. The van der Waals surface area contributed by atoms with Gasteiger partial charge in [-0.15, -0.1) is 0 Å². The molecule has 2 fully saturated rings. The minimum Gasteiger partial charge on any atom is -0.385 e. The molecule has 0 spiro atoms. The highest BCUT2D eigenvalue weighted by Gasteiger charge is 2.41. The van der Waals surface area contributed by atoms with Crippen molar-refractivity contribution in [1.29, 1.82) is 0 Å². The van der Waals surface area contributed by atoms with Crippen molar-refractivity contribution in [2.24, 2.45) is 11.8 Å². The molecule has 0 bridgehead atoms. The minimum absolute atomic E-state index is 0.0271. The number of benzene rings is 1. The van der Waals surface area contributed by atoms with Crippen molar-refractivity contribution in [2.75, 3.05) is 26.7 Å². The van der Waals surface area contributed by atoms with Gasteiger partial charge in [0.2, 0.25) is 0 Å². The fourth-order valence-electron chi connectivity index (χ4n) is 6.19. The summed E-state index contributed by atoms with van der Waals surface area (Å²) in [4.78, 5) is 26.7. The van der Waals surface area contributed by atoms with Crippen molar-refractivity contribution in [3.63, 3.8) is 0 Å². The van der Waals surface area contributed by atoms with E-state index in [1.807, 2.05) is 36.2 Å². The van der Waals surface area contributed by atoms with E-state index in [1.165, 1.54) is 32.1 Å². The second-order valence-corrected chi connectivity index (χ2v) is 11.5. The Morgan fingerprint density at radius 1 is 1.17 bits per heavy atom. The number of nitrogens with zero attached hydrogens (tertiary/aromatic N) is 1.